The van der Waals surface area contributed by atoms with Crippen LogP contribution < -0.4 is 0 Å². The molecule has 0 spiro atoms. The van der Waals surface area contributed by atoms with Crippen LogP contribution in [0.3, 0.4) is 0 Å². The Morgan fingerprint density at radius 1 is 0.571 bits per heavy atom. The standard InChI is InChI=1S/5C2H4.H3O3P/c5*1-2;1-4(2)3/h5*1-2H2;4H,(H2,1,2,3). The van der Waals surface area contributed by atoms with E-state index in [9.17, 15) is 0 Å². The molecule has 0 unspecified atom stereocenters. The van der Waals surface area contributed by atoms with Crippen LogP contribution in [-0.4, -0.2) is 9.79 Å². The normalized spacial score (nSPS) is 3.93. The molecule has 0 aliphatic carbocycles. The zero-order valence-corrected chi connectivity index (χ0v) is 9.87. The van der Waals surface area contributed by atoms with Crippen LogP contribution in [0.4, 0.5) is 0 Å². The maximum absolute atomic E-state index is 8.74. The Bertz CT molecular complexity index is 71.8. The number of hydrogen-bond donors (Lipinski definition) is 2. The molecule has 0 heterocycles. The summed E-state index contributed by atoms with van der Waals surface area (Å²) < 4.78 is 8.74. The Morgan fingerprint density at radius 2 is 0.571 bits per heavy atom. The summed E-state index contributed by atoms with van der Waals surface area (Å²) in [6, 6.07) is 0. The molecule has 0 fully saturated rings. The maximum Gasteiger partial charge on any atom is 0.314 e. The summed E-state index contributed by atoms with van der Waals surface area (Å²) in [5, 5.41) is 0. The van der Waals surface area contributed by atoms with Gasteiger partial charge in [0, 0.05) is 0 Å². The summed E-state index contributed by atoms with van der Waals surface area (Å²) in [5.74, 6) is 0. The predicted molar refractivity (Wildman–Crippen MR) is 69.7 cm³/mol. The van der Waals surface area contributed by atoms with Crippen molar-refractivity contribution in [3.63, 3.8) is 0 Å². The summed E-state index contributed by atoms with van der Waals surface area (Å²) >= 11 is 0. The molecular weight excluding hydrogens is 199 g/mol. The lowest BCUT2D eigenvalue weighted by Crippen LogP contribution is -1.38. The Labute approximate surface area is 89.1 Å². The molecule has 86 valence electrons. The lowest BCUT2D eigenvalue weighted by atomic mass is 11.3. The zero-order valence-electron chi connectivity index (χ0n) is 8.87. The van der Waals surface area contributed by atoms with Crippen molar-refractivity contribution in [3.8, 4) is 0 Å². The van der Waals surface area contributed by atoms with Gasteiger partial charge < -0.3 is 9.79 Å². The molecule has 0 saturated heterocycles. The van der Waals surface area contributed by atoms with Gasteiger partial charge in [-0.2, -0.15) is 0 Å². The predicted octanol–water partition coefficient (Wildman–Crippen LogP) is 3.37. The molecule has 0 rings (SSSR count). The van der Waals surface area contributed by atoms with Gasteiger partial charge in [0.1, 0.15) is 0 Å². The van der Waals surface area contributed by atoms with Crippen molar-refractivity contribution >= 4 is 8.25 Å². The van der Waals surface area contributed by atoms with Crippen LogP contribution in [0.2, 0.25) is 0 Å². The van der Waals surface area contributed by atoms with E-state index in [0.29, 0.717) is 0 Å². The van der Waals surface area contributed by atoms with Crippen LogP contribution in [0, 0.1) is 0 Å². The van der Waals surface area contributed by atoms with Crippen molar-refractivity contribution in [2.24, 2.45) is 0 Å². The maximum atomic E-state index is 8.74. The van der Waals surface area contributed by atoms with Crippen molar-refractivity contribution in [1.82, 2.24) is 0 Å². The first kappa shape index (κ1) is 38.5. The topological polar surface area (TPSA) is 57.5 Å². The Hall–Kier alpha value is -1.15. The first-order valence-electron chi connectivity index (χ1n) is 3.15. The van der Waals surface area contributed by atoms with E-state index in [0.717, 1.165) is 0 Å². The highest BCUT2D eigenvalue weighted by Gasteiger charge is 1.61. The molecule has 0 aliphatic rings. The van der Waals surface area contributed by atoms with Gasteiger partial charge in [0.15, 0.2) is 0 Å². The van der Waals surface area contributed by atoms with Crippen molar-refractivity contribution in [2.75, 3.05) is 0 Å². The van der Waals surface area contributed by atoms with Crippen LogP contribution in [0.1, 0.15) is 0 Å². The molecule has 4 heteroatoms. The van der Waals surface area contributed by atoms with Crippen molar-refractivity contribution < 1.29 is 14.4 Å². The van der Waals surface area contributed by atoms with Crippen LogP contribution in [0.25, 0.3) is 0 Å². The Balaban J connectivity index is -0.0000000143. The smallest absolute Gasteiger partial charge is 0.314 e. The van der Waals surface area contributed by atoms with Gasteiger partial charge in [0.25, 0.3) is 0 Å². The third kappa shape index (κ3) is 796. The first-order chi connectivity index (χ1) is 6.73. The average Bonchev–Trinajstić information content (AvgIpc) is 2.30. The lowest BCUT2D eigenvalue weighted by molar-refractivity contribution is 0.405. The van der Waals surface area contributed by atoms with Gasteiger partial charge >= 0.3 is 8.25 Å². The van der Waals surface area contributed by atoms with Gasteiger partial charge in [-0.05, 0) is 0 Å². The molecule has 0 aromatic heterocycles. The van der Waals surface area contributed by atoms with E-state index >= 15 is 0 Å². The second-order valence-electron chi connectivity index (χ2n) is 0.283. The van der Waals surface area contributed by atoms with Crippen LogP contribution in [0.15, 0.2) is 65.8 Å². The monoisotopic (exact) mass is 222 g/mol. The molecule has 2 N–H and O–H groups in total. The van der Waals surface area contributed by atoms with Gasteiger partial charge in [0.05, 0.1) is 0 Å². The van der Waals surface area contributed by atoms with Crippen LogP contribution in [0.5, 0.6) is 0 Å². The summed E-state index contributed by atoms with van der Waals surface area (Å²) in [6.07, 6.45) is 0. The Morgan fingerprint density at radius 3 is 0.571 bits per heavy atom. The van der Waals surface area contributed by atoms with Crippen molar-refractivity contribution in [1.29, 1.82) is 0 Å². The fourth-order valence-corrected chi connectivity index (χ4v) is 0. The molecule has 0 bridgehead atoms. The van der Waals surface area contributed by atoms with Gasteiger partial charge in [-0.15, -0.1) is 65.8 Å². The van der Waals surface area contributed by atoms with Gasteiger partial charge in [-0.1, -0.05) is 0 Å². The second-order valence-corrected chi connectivity index (χ2v) is 0.848. The van der Waals surface area contributed by atoms with Crippen molar-refractivity contribution in [2.45, 2.75) is 0 Å². The highest BCUT2D eigenvalue weighted by Crippen LogP contribution is 1.98. The molecule has 0 aromatic carbocycles. The average molecular weight is 222 g/mol. The molecule has 0 atom stereocenters. The molecule has 3 nitrogen and oxygen atoms in total. The third-order valence-corrected chi connectivity index (χ3v) is 0. The molecule has 14 heavy (non-hydrogen) atoms. The van der Waals surface area contributed by atoms with Crippen LogP contribution >= 0.6 is 8.25 Å². The fourth-order valence-electron chi connectivity index (χ4n) is 0. The summed E-state index contributed by atoms with van der Waals surface area (Å²) in [5.41, 5.74) is 0. The fraction of sp³-hybridized carbons (Fsp3) is 0. The van der Waals surface area contributed by atoms with E-state index in [-0.39, 0.29) is 0 Å². The summed E-state index contributed by atoms with van der Waals surface area (Å²) in [7, 11) is -3.13. The van der Waals surface area contributed by atoms with E-state index in [1.807, 2.05) is 0 Å². The third-order valence-electron chi connectivity index (χ3n) is 0. The van der Waals surface area contributed by atoms with E-state index in [2.05, 4.69) is 65.8 Å². The molecule has 0 aromatic rings. The minimum atomic E-state index is -3.13. The zero-order chi connectivity index (χ0) is 13.6. The van der Waals surface area contributed by atoms with E-state index < -0.39 is 8.25 Å². The molecule has 0 amide bonds. The second kappa shape index (κ2) is 408. The van der Waals surface area contributed by atoms with Crippen molar-refractivity contribution in [3.05, 3.63) is 65.8 Å². The molecule has 0 radical (unpaired) electrons. The molecular formula is C10H23O3P. The minimum absolute atomic E-state index is 3.00. The van der Waals surface area contributed by atoms with E-state index in [4.69, 9.17) is 14.4 Å². The quantitative estimate of drug-likeness (QED) is 0.488. The Kier molecular flexibility index (Phi) is 1120. The first-order valence-corrected chi connectivity index (χ1v) is 4.45. The minimum Gasteiger partial charge on any atom is -0.326 e. The lowest BCUT2D eigenvalue weighted by Gasteiger charge is -1.61. The number of rotatable bonds is 0. The highest BCUT2D eigenvalue weighted by atomic mass is 31.1. The van der Waals surface area contributed by atoms with Crippen LogP contribution in [-0.2, 0) is 4.57 Å². The van der Waals surface area contributed by atoms with Gasteiger partial charge in [-0.3, -0.25) is 4.57 Å². The van der Waals surface area contributed by atoms with E-state index in [1.54, 1.807) is 0 Å². The SMILES string of the molecule is C=C.C=C.C=C.C=C.C=C.O=[PH](O)O. The molecule has 0 saturated carbocycles. The summed E-state index contributed by atoms with van der Waals surface area (Å²) in [4.78, 5) is 14.3. The van der Waals surface area contributed by atoms with E-state index in [1.165, 1.54) is 0 Å². The van der Waals surface area contributed by atoms with Gasteiger partial charge in [-0.25, -0.2) is 0 Å². The summed E-state index contributed by atoms with van der Waals surface area (Å²) in [6.45, 7) is 30.0. The van der Waals surface area contributed by atoms with Gasteiger partial charge in [0.2, 0.25) is 0 Å². The number of hydrogen-bond acceptors (Lipinski definition) is 1. The highest BCUT2D eigenvalue weighted by molar-refractivity contribution is 7.30. The molecule has 0 aliphatic heterocycles. The largest absolute Gasteiger partial charge is 0.326 e.